The molecule has 0 atom stereocenters. The van der Waals surface area contributed by atoms with E-state index in [1.54, 1.807) is 0 Å². The zero-order valence-electron chi connectivity index (χ0n) is 13.8. The average Bonchev–Trinajstić information content (AvgIpc) is 2.85. The second-order valence-electron chi connectivity index (χ2n) is 5.13. The predicted octanol–water partition coefficient (Wildman–Crippen LogP) is 2.97. The van der Waals surface area contributed by atoms with Crippen LogP contribution in [0.25, 0.3) is 0 Å². The Hall–Kier alpha value is -0.790. The smallest absolute Gasteiger partial charge is 0.193 e. The van der Waals surface area contributed by atoms with Crippen molar-refractivity contribution in [2.75, 3.05) is 26.7 Å². The third kappa shape index (κ3) is 7.68. The van der Waals surface area contributed by atoms with Crippen LogP contribution in [0.3, 0.4) is 0 Å². The van der Waals surface area contributed by atoms with E-state index in [-0.39, 0.29) is 24.0 Å². The first-order chi connectivity index (χ1) is 9.69. The lowest BCUT2D eigenvalue weighted by Gasteiger charge is -2.21. The molecule has 0 aromatic carbocycles. The molecule has 122 valence electrons. The van der Waals surface area contributed by atoms with E-state index in [2.05, 4.69) is 48.2 Å². The van der Waals surface area contributed by atoms with Crippen LogP contribution < -0.4 is 5.32 Å². The number of aliphatic imine (C=N–C) groups is 1. The van der Waals surface area contributed by atoms with Crippen LogP contribution in [0, 0.1) is 6.92 Å². The number of nitrogens with one attached hydrogen (secondary N) is 2. The summed E-state index contributed by atoms with van der Waals surface area (Å²) in [6, 6.07) is 0. The number of unbranched alkanes of at least 4 members (excludes halogenated alkanes) is 1. The summed E-state index contributed by atoms with van der Waals surface area (Å²) in [7, 11) is 2.11. The van der Waals surface area contributed by atoms with Gasteiger partial charge in [0, 0.05) is 32.4 Å². The summed E-state index contributed by atoms with van der Waals surface area (Å²) in [6.45, 7) is 9.21. The lowest BCUT2D eigenvalue weighted by molar-refractivity contribution is 0.464. The standard InChI is InChI=1S/C15H29N5.HI/c1-5-7-11-20(4)15(16-6-2)17-10-8-9-14-12-18-19-13(14)3;/h12H,5-11H2,1-4H3,(H,16,17)(H,18,19);1H. The largest absolute Gasteiger partial charge is 0.357 e. The average molecular weight is 407 g/mol. The minimum atomic E-state index is 0. The highest BCUT2D eigenvalue weighted by Gasteiger charge is 2.04. The second-order valence-corrected chi connectivity index (χ2v) is 5.13. The maximum atomic E-state index is 4.70. The Morgan fingerprint density at radius 1 is 1.38 bits per heavy atom. The molecule has 21 heavy (non-hydrogen) atoms. The van der Waals surface area contributed by atoms with Crippen LogP contribution in [0.2, 0.25) is 0 Å². The molecule has 2 N–H and O–H groups in total. The van der Waals surface area contributed by atoms with Crippen LogP contribution in [0.4, 0.5) is 0 Å². The van der Waals surface area contributed by atoms with Crippen molar-refractivity contribution < 1.29 is 0 Å². The number of H-pyrrole nitrogens is 1. The fraction of sp³-hybridized carbons (Fsp3) is 0.733. The van der Waals surface area contributed by atoms with Crippen molar-refractivity contribution in [2.45, 2.75) is 46.5 Å². The summed E-state index contributed by atoms with van der Waals surface area (Å²) < 4.78 is 0. The summed E-state index contributed by atoms with van der Waals surface area (Å²) in [4.78, 5) is 6.91. The van der Waals surface area contributed by atoms with Gasteiger partial charge in [0.25, 0.3) is 0 Å². The Morgan fingerprint density at radius 3 is 2.71 bits per heavy atom. The van der Waals surface area contributed by atoms with Crippen LogP contribution in [-0.2, 0) is 6.42 Å². The molecule has 0 unspecified atom stereocenters. The van der Waals surface area contributed by atoms with Gasteiger partial charge in [-0.25, -0.2) is 0 Å². The minimum absolute atomic E-state index is 0. The van der Waals surface area contributed by atoms with E-state index >= 15 is 0 Å². The molecule has 0 aliphatic heterocycles. The number of aromatic amines is 1. The molecule has 0 bridgehead atoms. The normalized spacial score (nSPS) is 11.1. The zero-order valence-corrected chi connectivity index (χ0v) is 16.1. The number of aryl methyl sites for hydroxylation is 2. The number of halogens is 1. The first-order valence-corrected chi connectivity index (χ1v) is 7.67. The van der Waals surface area contributed by atoms with Crippen molar-refractivity contribution in [1.29, 1.82) is 0 Å². The van der Waals surface area contributed by atoms with Gasteiger partial charge in [0.2, 0.25) is 0 Å². The van der Waals surface area contributed by atoms with Gasteiger partial charge < -0.3 is 10.2 Å². The lowest BCUT2D eigenvalue weighted by atomic mass is 10.1. The predicted molar refractivity (Wildman–Crippen MR) is 101 cm³/mol. The van der Waals surface area contributed by atoms with Crippen molar-refractivity contribution in [3.8, 4) is 0 Å². The highest BCUT2D eigenvalue weighted by atomic mass is 127. The molecule has 1 heterocycles. The number of nitrogens with zero attached hydrogens (tertiary/aromatic N) is 3. The maximum Gasteiger partial charge on any atom is 0.193 e. The van der Waals surface area contributed by atoms with Crippen LogP contribution in [-0.4, -0.2) is 47.7 Å². The fourth-order valence-corrected chi connectivity index (χ4v) is 2.05. The van der Waals surface area contributed by atoms with E-state index < -0.39 is 0 Å². The molecule has 5 nitrogen and oxygen atoms in total. The van der Waals surface area contributed by atoms with Crippen molar-refractivity contribution >= 4 is 29.9 Å². The quantitative estimate of drug-likeness (QED) is 0.302. The number of guanidine groups is 1. The molecule has 1 rings (SSSR count). The number of rotatable bonds is 8. The van der Waals surface area contributed by atoms with Gasteiger partial charge in [-0.05, 0) is 38.7 Å². The molecule has 0 spiro atoms. The highest BCUT2D eigenvalue weighted by Crippen LogP contribution is 2.05. The fourth-order valence-electron chi connectivity index (χ4n) is 2.05. The van der Waals surface area contributed by atoms with Gasteiger partial charge in [-0.15, -0.1) is 24.0 Å². The monoisotopic (exact) mass is 407 g/mol. The molecule has 0 saturated heterocycles. The molecular formula is C15H30IN5. The van der Waals surface area contributed by atoms with Gasteiger partial charge in [0.1, 0.15) is 0 Å². The molecule has 0 radical (unpaired) electrons. The van der Waals surface area contributed by atoms with Gasteiger partial charge in [-0.1, -0.05) is 13.3 Å². The van der Waals surface area contributed by atoms with Crippen molar-refractivity contribution in [2.24, 2.45) is 4.99 Å². The summed E-state index contributed by atoms with van der Waals surface area (Å²) >= 11 is 0. The summed E-state index contributed by atoms with van der Waals surface area (Å²) in [5.74, 6) is 1.02. The maximum absolute atomic E-state index is 4.70. The molecular weight excluding hydrogens is 377 g/mol. The Labute approximate surface area is 146 Å². The number of hydrogen-bond acceptors (Lipinski definition) is 2. The minimum Gasteiger partial charge on any atom is -0.357 e. The second kappa shape index (κ2) is 11.8. The van der Waals surface area contributed by atoms with Crippen LogP contribution in [0.15, 0.2) is 11.2 Å². The van der Waals surface area contributed by atoms with Crippen LogP contribution in [0.5, 0.6) is 0 Å². The molecule has 1 aromatic rings. The number of aromatic nitrogens is 2. The van der Waals surface area contributed by atoms with Crippen molar-refractivity contribution in [3.63, 3.8) is 0 Å². The Morgan fingerprint density at radius 2 is 2.14 bits per heavy atom. The highest BCUT2D eigenvalue weighted by molar-refractivity contribution is 14.0. The first-order valence-electron chi connectivity index (χ1n) is 7.67. The molecule has 6 heteroatoms. The van der Waals surface area contributed by atoms with Gasteiger partial charge in [0.05, 0.1) is 6.20 Å². The molecule has 0 saturated carbocycles. The molecule has 1 aromatic heterocycles. The van der Waals surface area contributed by atoms with Crippen molar-refractivity contribution in [3.05, 3.63) is 17.5 Å². The number of hydrogen-bond donors (Lipinski definition) is 2. The molecule has 0 aliphatic carbocycles. The third-order valence-electron chi connectivity index (χ3n) is 3.34. The third-order valence-corrected chi connectivity index (χ3v) is 3.34. The van der Waals surface area contributed by atoms with E-state index in [1.165, 1.54) is 24.1 Å². The molecule has 0 amide bonds. The molecule has 0 aliphatic rings. The first kappa shape index (κ1) is 20.2. The summed E-state index contributed by atoms with van der Waals surface area (Å²) in [5.41, 5.74) is 2.46. The van der Waals surface area contributed by atoms with Crippen molar-refractivity contribution in [1.82, 2.24) is 20.4 Å². The lowest BCUT2D eigenvalue weighted by Crippen LogP contribution is -2.39. The Bertz CT molecular complexity index is 403. The van der Waals surface area contributed by atoms with Gasteiger partial charge >= 0.3 is 0 Å². The van der Waals surface area contributed by atoms with E-state index in [0.717, 1.165) is 38.4 Å². The van der Waals surface area contributed by atoms with Gasteiger partial charge in [-0.2, -0.15) is 5.10 Å². The Balaban J connectivity index is 0.00000400. The van der Waals surface area contributed by atoms with Crippen LogP contribution in [0.1, 0.15) is 44.4 Å². The zero-order chi connectivity index (χ0) is 14.8. The van der Waals surface area contributed by atoms with E-state index in [4.69, 9.17) is 4.99 Å². The summed E-state index contributed by atoms with van der Waals surface area (Å²) in [6.07, 6.45) is 6.41. The van der Waals surface area contributed by atoms with Gasteiger partial charge in [-0.3, -0.25) is 10.1 Å². The topological polar surface area (TPSA) is 56.3 Å². The van der Waals surface area contributed by atoms with Crippen LogP contribution >= 0.6 is 24.0 Å². The van der Waals surface area contributed by atoms with E-state index in [1.807, 2.05) is 6.20 Å². The van der Waals surface area contributed by atoms with E-state index in [0.29, 0.717) is 0 Å². The summed E-state index contributed by atoms with van der Waals surface area (Å²) in [5, 5.41) is 10.4. The van der Waals surface area contributed by atoms with Gasteiger partial charge in [0.15, 0.2) is 5.96 Å². The Kier molecular flexibility index (Phi) is 11.4. The van der Waals surface area contributed by atoms with E-state index in [9.17, 15) is 0 Å². The SMILES string of the molecule is CCCCN(C)C(=NCCCc1cn[nH]c1C)NCC.I. The molecule has 0 fully saturated rings.